The van der Waals surface area contributed by atoms with Crippen molar-refractivity contribution < 1.29 is 14.0 Å². The van der Waals surface area contributed by atoms with Gasteiger partial charge in [0.05, 0.1) is 5.69 Å². The second-order valence-corrected chi connectivity index (χ2v) is 7.50. The summed E-state index contributed by atoms with van der Waals surface area (Å²) in [6.45, 7) is 0.885. The predicted molar refractivity (Wildman–Crippen MR) is 116 cm³/mol. The maximum absolute atomic E-state index is 13.8. The number of hydrogen-bond donors (Lipinski definition) is 1. The molecule has 0 saturated carbocycles. The van der Waals surface area contributed by atoms with E-state index in [1.807, 2.05) is 54.6 Å². The highest BCUT2D eigenvalue weighted by molar-refractivity contribution is 5.99. The second kappa shape index (κ2) is 8.91. The van der Waals surface area contributed by atoms with Crippen molar-refractivity contribution >= 4 is 17.5 Å². The third kappa shape index (κ3) is 4.40. The molecule has 1 saturated heterocycles. The number of nitrogens with one attached hydrogen (secondary N) is 1. The lowest BCUT2D eigenvalue weighted by Gasteiger charge is -2.32. The van der Waals surface area contributed by atoms with E-state index in [0.717, 1.165) is 24.0 Å². The number of carbonyl (C=O) groups excluding carboxylic acids is 2. The van der Waals surface area contributed by atoms with Crippen LogP contribution in [0.25, 0.3) is 11.1 Å². The van der Waals surface area contributed by atoms with Gasteiger partial charge in [-0.05, 0) is 36.1 Å². The van der Waals surface area contributed by atoms with E-state index in [2.05, 4.69) is 5.32 Å². The van der Waals surface area contributed by atoms with E-state index in [4.69, 9.17) is 0 Å². The number of carbonyl (C=O) groups is 2. The number of nitrogens with zero attached hydrogens (tertiary/aromatic N) is 1. The van der Waals surface area contributed by atoms with E-state index in [1.54, 1.807) is 17.0 Å². The molecule has 0 aromatic heterocycles. The molecule has 5 heteroatoms. The number of ketones is 1. The van der Waals surface area contributed by atoms with Crippen LogP contribution in [0.3, 0.4) is 0 Å². The first-order valence-electron chi connectivity index (χ1n) is 10.1. The van der Waals surface area contributed by atoms with E-state index in [0.29, 0.717) is 18.7 Å². The van der Waals surface area contributed by atoms with Crippen molar-refractivity contribution in [2.45, 2.75) is 12.8 Å². The number of halogens is 1. The van der Waals surface area contributed by atoms with Crippen LogP contribution in [0.1, 0.15) is 23.2 Å². The molecule has 1 fully saturated rings. The van der Waals surface area contributed by atoms with Crippen LogP contribution in [-0.2, 0) is 0 Å². The average molecular weight is 402 g/mol. The first-order valence-corrected chi connectivity index (χ1v) is 10.1. The van der Waals surface area contributed by atoms with Gasteiger partial charge in [0.25, 0.3) is 0 Å². The summed E-state index contributed by atoms with van der Waals surface area (Å²) in [5.41, 5.74) is 2.95. The Hall–Kier alpha value is -3.47. The van der Waals surface area contributed by atoms with Crippen molar-refractivity contribution in [2.24, 2.45) is 5.92 Å². The number of para-hydroxylation sites is 1. The highest BCUT2D eigenvalue weighted by Gasteiger charge is 2.29. The topological polar surface area (TPSA) is 49.4 Å². The molecule has 0 spiro atoms. The Morgan fingerprint density at radius 1 is 0.867 bits per heavy atom. The molecular formula is C25H23FN2O2. The zero-order valence-corrected chi connectivity index (χ0v) is 16.6. The van der Waals surface area contributed by atoms with Crippen LogP contribution in [-0.4, -0.2) is 29.8 Å². The van der Waals surface area contributed by atoms with Crippen LogP contribution in [0.5, 0.6) is 0 Å². The third-order valence-corrected chi connectivity index (χ3v) is 5.47. The molecule has 4 rings (SSSR count). The normalized spacial score (nSPS) is 16.2. The fraction of sp³-hybridized carbons (Fsp3) is 0.200. The van der Waals surface area contributed by atoms with Crippen molar-refractivity contribution in [1.82, 2.24) is 4.90 Å². The summed E-state index contributed by atoms with van der Waals surface area (Å²) in [5.74, 6) is -0.695. The van der Waals surface area contributed by atoms with Gasteiger partial charge >= 0.3 is 6.03 Å². The Morgan fingerprint density at radius 2 is 1.53 bits per heavy atom. The minimum absolute atomic E-state index is 0.0398. The monoisotopic (exact) mass is 402 g/mol. The average Bonchev–Trinajstić information content (AvgIpc) is 2.81. The van der Waals surface area contributed by atoms with Crippen molar-refractivity contribution in [1.29, 1.82) is 0 Å². The lowest BCUT2D eigenvalue weighted by atomic mass is 9.89. The largest absolute Gasteiger partial charge is 0.324 e. The quantitative estimate of drug-likeness (QED) is 0.576. The molecule has 152 valence electrons. The number of urea groups is 1. The Kier molecular flexibility index (Phi) is 5.89. The van der Waals surface area contributed by atoms with Crippen LogP contribution < -0.4 is 5.32 Å². The van der Waals surface area contributed by atoms with E-state index in [9.17, 15) is 14.0 Å². The summed E-state index contributed by atoms with van der Waals surface area (Å²) >= 11 is 0. The highest BCUT2D eigenvalue weighted by Crippen LogP contribution is 2.24. The zero-order valence-electron chi connectivity index (χ0n) is 16.6. The molecule has 0 aliphatic carbocycles. The molecular weight excluding hydrogens is 379 g/mol. The molecule has 3 aromatic rings. The molecule has 1 aliphatic heterocycles. The van der Waals surface area contributed by atoms with Gasteiger partial charge in [-0.1, -0.05) is 66.7 Å². The Balaban J connectivity index is 1.42. The minimum atomic E-state index is -0.478. The summed E-state index contributed by atoms with van der Waals surface area (Å²) in [6.07, 6.45) is 1.48. The van der Waals surface area contributed by atoms with Gasteiger partial charge in [-0.25, -0.2) is 9.18 Å². The number of piperidine rings is 1. The van der Waals surface area contributed by atoms with E-state index in [1.165, 1.54) is 12.1 Å². The minimum Gasteiger partial charge on any atom is -0.324 e. The fourth-order valence-corrected chi connectivity index (χ4v) is 3.83. The van der Waals surface area contributed by atoms with Crippen LogP contribution in [0.4, 0.5) is 14.9 Å². The highest BCUT2D eigenvalue weighted by atomic mass is 19.1. The number of likely N-dealkylation sites (tertiary alicyclic amines) is 1. The number of anilines is 1. The van der Waals surface area contributed by atoms with Crippen molar-refractivity contribution in [3.63, 3.8) is 0 Å². The number of amides is 2. The molecule has 0 unspecified atom stereocenters. The van der Waals surface area contributed by atoms with E-state index in [-0.39, 0.29) is 23.4 Å². The van der Waals surface area contributed by atoms with Crippen molar-refractivity contribution in [2.75, 3.05) is 18.4 Å². The molecule has 30 heavy (non-hydrogen) atoms. The smallest absolute Gasteiger partial charge is 0.321 e. The number of rotatable bonds is 4. The van der Waals surface area contributed by atoms with Gasteiger partial charge in [0, 0.05) is 24.6 Å². The van der Waals surface area contributed by atoms with Crippen LogP contribution in [0.15, 0.2) is 78.9 Å². The van der Waals surface area contributed by atoms with Crippen molar-refractivity contribution in [3.05, 3.63) is 90.2 Å². The van der Waals surface area contributed by atoms with Gasteiger partial charge in [0.15, 0.2) is 5.78 Å². The summed E-state index contributed by atoms with van der Waals surface area (Å²) < 4.78 is 13.8. The standard InChI is InChI=1S/C25H23FN2O2/c26-22-10-4-5-11-23(22)27-25(30)28-16-6-9-21(17-28)24(29)20-14-12-19(13-15-20)18-7-2-1-3-8-18/h1-5,7-8,10-15,21H,6,9,16-17H2,(H,27,30)/t21-/m1/s1. The predicted octanol–water partition coefficient (Wildman–Crippen LogP) is 5.62. The van der Waals surface area contributed by atoms with Crippen LogP contribution in [0, 0.1) is 11.7 Å². The Bertz CT molecular complexity index is 1030. The van der Waals surface area contributed by atoms with Crippen LogP contribution >= 0.6 is 0 Å². The molecule has 1 heterocycles. The first-order chi connectivity index (χ1) is 14.6. The maximum Gasteiger partial charge on any atom is 0.321 e. The van der Waals surface area contributed by atoms with Gasteiger partial charge in [0.1, 0.15) is 5.82 Å². The van der Waals surface area contributed by atoms with E-state index >= 15 is 0 Å². The summed E-state index contributed by atoms with van der Waals surface area (Å²) in [6, 6.07) is 23.3. The van der Waals surface area contributed by atoms with Gasteiger partial charge in [-0.3, -0.25) is 4.79 Å². The van der Waals surface area contributed by atoms with Crippen LogP contribution in [0.2, 0.25) is 0 Å². The summed E-state index contributed by atoms with van der Waals surface area (Å²) in [5, 5.41) is 2.61. The molecule has 2 amide bonds. The maximum atomic E-state index is 13.8. The molecule has 4 nitrogen and oxygen atoms in total. The zero-order chi connectivity index (χ0) is 20.9. The first kappa shape index (κ1) is 19.8. The number of Topliss-reactive ketones (excluding diaryl/α,β-unsaturated/α-hetero) is 1. The summed E-state index contributed by atoms with van der Waals surface area (Å²) in [4.78, 5) is 27.2. The molecule has 1 atom stereocenters. The fourth-order valence-electron chi connectivity index (χ4n) is 3.83. The SMILES string of the molecule is O=C(c1ccc(-c2ccccc2)cc1)[C@@H]1CCCN(C(=O)Nc2ccccc2F)C1. The third-order valence-electron chi connectivity index (χ3n) is 5.47. The number of benzene rings is 3. The molecule has 0 bridgehead atoms. The lowest BCUT2D eigenvalue weighted by molar-refractivity contribution is 0.0851. The van der Waals surface area contributed by atoms with Gasteiger partial charge in [-0.15, -0.1) is 0 Å². The summed E-state index contributed by atoms with van der Waals surface area (Å²) in [7, 11) is 0. The lowest BCUT2D eigenvalue weighted by Crippen LogP contribution is -2.44. The van der Waals surface area contributed by atoms with Gasteiger partial charge in [0.2, 0.25) is 0 Å². The molecule has 1 aliphatic rings. The second-order valence-electron chi connectivity index (χ2n) is 7.50. The molecule has 3 aromatic carbocycles. The van der Waals surface area contributed by atoms with E-state index < -0.39 is 5.82 Å². The van der Waals surface area contributed by atoms with Gasteiger partial charge < -0.3 is 10.2 Å². The molecule has 0 radical (unpaired) electrons. The Labute approximate surface area is 175 Å². The number of hydrogen-bond acceptors (Lipinski definition) is 2. The Morgan fingerprint density at radius 3 is 2.27 bits per heavy atom. The van der Waals surface area contributed by atoms with Crippen molar-refractivity contribution in [3.8, 4) is 11.1 Å². The molecule has 1 N–H and O–H groups in total. The van der Waals surface area contributed by atoms with Gasteiger partial charge in [-0.2, -0.15) is 0 Å².